The van der Waals surface area contributed by atoms with Crippen LogP contribution < -0.4 is 0 Å². The molecule has 1 aliphatic rings. The van der Waals surface area contributed by atoms with Gasteiger partial charge in [-0.15, -0.1) is 0 Å². The summed E-state index contributed by atoms with van der Waals surface area (Å²) >= 11 is 0. The molecule has 0 spiro atoms. The molecular weight excluding hydrogens is 156 g/mol. The molecule has 0 saturated heterocycles. The van der Waals surface area contributed by atoms with E-state index in [9.17, 15) is 9.90 Å². The van der Waals surface area contributed by atoms with Gasteiger partial charge in [0.15, 0.2) is 5.78 Å². The highest BCUT2D eigenvalue weighted by atomic mass is 16.5. The minimum Gasteiger partial charge on any atom is -0.382 e. The lowest BCUT2D eigenvalue weighted by Crippen LogP contribution is -2.35. The number of ketones is 1. The van der Waals surface area contributed by atoms with Gasteiger partial charge in [-0.25, -0.2) is 0 Å². The minimum atomic E-state index is -1.01. The van der Waals surface area contributed by atoms with Gasteiger partial charge in [0, 0.05) is 0 Å². The van der Waals surface area contributed by atoms with Crippen LogP contribution in [0.3, 0.4) is 0 Å². The summed E-state index contributed by atoms with van der Waals surface area (Å²) in [6.45, 7) is 5.66. The molecule has 3 nitrogen and oxygen atoms in total. The Balaban J connectivity index is 2.56. The first-order chi connectivity index (χ1) is 5.40. The summed E-state index contributed by atoms with van der Waals surface area (Å²) < 4.78 is 5.42. The number of hydrogen-bond acceptors (Lipinski definition) is 3. The normalized spacial score (nSPS) is 29.8. The van der Waals surface area contributed by atoms with Gasteiger partial charge in [0.05, 0.1) is 5.60 Å². The van der Waals surface area contributed by atoms with Crippen LogP contribution in [-0.4, -0.2) is 28.7 Å². The second-order valence-corrected chi connectivity index (χ2v) is 3.90. The Labute approximate surface area is 72.0 Å². The highest BCUT2D eigenvalue weighted by Gasteiger charge is 2.31. The van der Waals surface area contributed by atoms with Crippen LogP contribution in [0.5, 0.6) is 0 Å². The van der Waals surface area contributed by atoms with Gasteiger partial charge < -0.3 is 9.84 Å². The first-order valence-electron chi connectivity index (χ1n) is 3.98. The van der Waals surface area contributed by atoms with Crippen molar-refractivity contribution in [2.24, 2.45) is 0 Å². The summed E-state index contributed by atoms with van der Waals surface area (Å²) in [6.07, 6.45) is 1.47. The van der Waals surface area contributed by atoms with Gasteiger partial charge >= 0.3 is 0 Å². The lowest BCUT2D eigenvalue weighted by molar-refractivity contribution is -0.132. The Morgan fingerprint density at radius 3 is 2.42 bits per heavy atom. The third-order valence-electron chi connectivity index (χ3n) is 1.54. The van der Waals surface area contributed by atoms with E-state index in [1.165, 1.54) is 6.08 Å². The third kappa shape index (κ3) is 2.16. The Hall–Kier alpha value is -0.670. The van der Waals surface area contributed by atoms with Crippen molar-refractivity contribution in [1.29, 1.82) is 0 Å². The second-order valence-electron chi connectivity index (χ2n) is 3.90. The summed E-state index contributed by atoms with van der Waals surface area (Å²) in [5.74, 6) is -0.274. The van der Waals surface area contributed by atoms with Gasteiger partial charge in [-0.2, -0.15) is 0 Å². The van der Waals surface area contributed by atoms with E-state index < -0.39 is 12.2 Å². The molecular formula is C9H14O3. The molecule has 3 heteroatoms. The predicted octanol–water partition coefficient (Wildman–Crippen LogP) is 0.670. The first kappa shape index (κ1) is 9.42. The molecule has 0 heterocycles. The van der Waals surface area contributed by atoms with Gasteiger partial charge in [-0.05, 0) is 32.9 Å². The van der Waals surface area contributed by atoms with Crippen LogP contribution in [-0.2, 0) is 9.53 Å². The third-order valence-corrected chi connectivity index (χ3v) is 1.54. The largest absolute Gasteiger partial charge is 0.382 e. The zero-order valence-corrected chi connectivity index (χ0v) is 7.57. The monoisotopic (exact) mass is 170 g/mol. The van der Waals surface area contributed by atoms with Crippen LogP contribution in [0.15, 0.2) is 12.2 Å². The summed E-state index contributed by atoms with van der Waals surface area (Å²) in [6, 6.07) is 0. The number of hydrogen-bond donors (Lipinski definition) is 1. The maximum absolute atomic E-state index is 10.9. The molecule has 2 unspecified atom stereocenters. The number of rotatable bonds is 1. The predicted molar refractivity (Wildman–Crippen MR) is 44.8 cm³/mol. The van der Waals surface area contributed by atoms with Crippen LogP contribution in [0.2, 0.25) is 0 Å². The van der Waals surface area contributed by atoms with Crippen molar-refractivity contribution in [3.05, 3.63) is 12.2 Å². The van der Waals surface area contributed by atoms with E-state index in [1.54, 1.807) is 6.08 Å². The fourth-order valence-electron chi connectivity index (χ4n) is 1.07. The van der Waals surface area contributed by atoms with E-state index in [1.807, 2.05) is 20.8 Å². The quantitative estimate of drug-likeness (QED) is 0.629. The summed E-state index contributed by atoms with van der Waals surface area (Å²) in [5.41, 5.74) is -0.333. The molecule has 0 saturated carbocycles. The van der Waals surface area contributed by atoms with Crippen molar-refractivity contribution < 1.29 is 14.6 Å². The van der Waals surface area contributed by atoms with E-state index in [0.29, 0.717) is 0 Å². The van der Waals surface area contributed by atoms with Crippen LogP contribution in [0.1, 0.15) is 20.8 Å². The van der Waals surface area contributed by atoms with E-state index in [0.717, 1.165) is 0 Å². The number of carbonyl (C=O) groups excluding carboxylic acids is 1. The van der Waals surface area contributed by atoms with E-state index in [4.69, 9.17) is 4.74 Å². The Morgan fingerprint density at radius 2 is 2.08 bits per heavy atom. The Bertz CT molecular complexity index is 212. The van der Waals surface area contributed by atoms with E-state index in [-0.39, 0.29) is 11.4 Å². The van der Waals surface area contributed by atoms with E-state index >= 15 is 0 Å². The van der Waals surface area contributed by atoms with Crippen LogP contribution in [0, 0.1) is 0 Å². The molecule has 0 bridgehead atoms. The number of aliphatic hydroxyl groups is 1. The van der Waals surface area contributed by atoms with Crippen molar-refractivity contribution in [3.63, 3.8) is 0 Å². The molecule has 0 fully saturated rings. The molecule has 12 heavy (non-hydrogen) atoms. The van der Waals surface area contributed by atoms with Crippen molar-refractivity contribution in [2.45, 2.75) is 38.6 Å². The Kier molecular flexibility index (Phi) is 2.35. The van der Waals surface area contributed by atoms with Gasteiger partial charge in [0.1, 0.15) is 12.2 Å². The smallest absolute Gasteiger partial charge is 0.186 e. The molecule has 0 aliphatic heterocycles. The van der Waals surface area contributed by atoms with Crippen molar-refractivity contribution in [3.8, 4) is 0 Å². The molecule has 0 radical (unpaired) electrons. The first-order valence-corrected chi connectivity index (χ1v) is 3.98. The molecule has 1 N–H and O–H groups in total. The molecule has 2 atom stereocenters. The minimum absolute atomic E-state index is 0.274. The maximum Gasteiger partial charge on any atom is 0.186 e. The van der Waals surface area contributed by atoms with Gasteiger partial charge in [-0.1, -0.05) is 0 Å². The molecule has 0 aromatic carbocycles. The molecule has 0 aromatic rings. The van der Waals surface area contributed by atoms with Gasteiger partial charge in [0.2, 0.25) is 0 Å². The molecule has 0 aromatic heterocycles. The van der Waals surface area contributed by atoms with E-state index in [2.05, 4.69) is 0 Å². The summed E-state index contributed by atoms with van der Waals surface area (Å²) in [4.78, 5) is 10.9. The van der Waals surface area contributed by atoms with Gasteiger partial charge in [-0.3, -0.25) is 4.79 Å². The molecule has 1 rings (SSSR count). The SMILES string of the molecule is CC(C)(C)OC1C=CC(=O)C1O. The molecule has 1 aliphatic carbocycles. The second kappa shape index (κ2) is 2.99. The average molecular weight is 170 g/mol. The van der Waals surface area contributed by atoms with Crippen LogP contribution in [0.25, 0.3) is 0 Å². The lowest BCUT2D eigenvalue weighted by atomic mass is 10.1. The summed E-state index contributed by atoms with van der Waals surface area (Å²) in [5, 5.41) is 9.28. The summed E-state index contributed by atoms with van der Waals surface area (Å²) in [7, 11) is 0. The maximum atomic E-state index is 10.9. The zero-order valence-electron chi connectivity index (χ0n) is 7.57. The fraction of sp³-hybridized carbons (Fsp3) is 0.667. The number of aliphatic hydroxyl groups excluding tert-OH is 1. The van der Waals surface area contributed by atoms with Crippen molar-refractivity contribution >= 4 is 5.78 Å². The highest BCUT2D eigenvalue weighted by Crippen LogP contribution is 2.18. The fourth-order valence-corrected chi connectivity index (χ4v) is 1.07. The molecule has 68 valence electrons. The lowest BCUT2D eigenvalue weighted by Gasteiger charge is -2.25. The zero-order chi connectivity index (χ0) is 9.35. The Morgan fingerprint density at radius 1 is 1.50 bits per heavy atom. The number of carbonyl (C=O) groups is 1. The van der Waals surface area contributed by atoms with Crippen LogP contribution in [0.4, 0.5) is 0 Å². The number of ether oxygens (including phenoxy) is 1. The van der Waals surface area contributed by atoms with Gasteiger partial charge in [0.25, 0.3) is 0 Å². The average Bonchev–Trinajstić information content (AvgIpc) is 2.16. The van der Waals surface area contributed by atoms with Crippen LogP contribution >= 0.6 is 0 Å². The standard InChI is InChI=1S/C9H14O3/c1-9(2,3)12-7-5-4-6(10)8(7)11/h4-5,7-8,11H,1-3H3. The highest BCUT2D eigenvalue weighted by molar-refractivity contribution is 5.96. The topological polar surface area (TPSA) is 46.5 Å². The van der Waals surface area contributed by atoms with Crippen molar-refractivity contribution in [2.75, 3.05) is 0 Å². The molecule has 0 amide bonds. The van der Waals surface area contributed by atoms with Crippen molar-refractivity contribution in [1.82, 2.24) is 0 Å².